The number of hydrogen-bond donors (Lipinski definition) is 3. The van der Waals surface area contributed by atoms with E-state index >= 15 is 0 Å². The van der Waals surface area contributed by atoms with Gasteiger partial charge in [0.25, 0.3) is 5.91 Å². The molecule has 0 spiro atoms. The van der Waals surface area contributed by atoms with Crippen molar-refractivity contribution >= 4 is 52.1 Å². The molecule has 3 rings (SSSR count). The Labute approximate surface area is 190 Å². The molecule has 0 saturated heterocycles. The van der Waals surface area contributed by atoms with Gasteiger partial charge >= 0.3 is 0 Å². The summed E-state index contributed by atoms with van der Waals surface area (Å²) in [6, 6.07) is 23.1. The van der Waals surface area contributed by atoms with Gasteiger partial charge in [0.05, 0.1) is 6.42 Å². The summed E-state index contributed by atoms with van der Waals surface area (Å²) in [5.41, 5.74) is 2.02. The third kappa shape index (κ3) is 7.73. The first-order valence-corrected chi connectivity index (χ1v) is 10.2. The van der Waals surface area contributed by atoms with E-state index in [0.29, 0.717) is 22.1 Å². The Balaban J connectivity index is 1.47. The van der Waals surface area contributed by atoms with Gasteiger partial charge in [-0.15, -0.1) is 0 Å². The predicted molar refractivity (Wildman–Crippen MR) is 127 cm³/mol. The van der Waals surface area contributed by atoms with Crippen molar-refractivity contribution in [3.63, 3.8) is 0 Å². The number of para-hydroxylation sites is 1. The summed E-state index contributed by atoms with van der Waals surface area (Å²) in [4.78, 5) is 24.3. The molecule has 0 radical (unpaired) electrons. The van der Waals surface area contributed by atoms with Crippen LogP contribution in [0.2, 0.25) is 5.02 Å². The number of carbonyl (C=O) groups excluding carboxylic acids is 2. The molecule has 0 heterocycles. The zero-order valence-electron chi connectivity index (χ0n) is 16.4. The highest BCUT2D eigenvalue weighted by molar-refractivity contribution is 7.80. The summed E-state index contributed by atoms with van der Waals surface area (Å²) in [6.45, 7) is -0.110. The van der Waals surface area contributed by atoms with Gasteiger partial charge in [-0.25, -0.2) is 0 Å². The minimum atomic E-state index is -0.292. The molecule has 6 nitrogen and oxygen atoms in total. The van der Waals surface area contributed by atoms with E-state index < -0.39 is 0 Å². The molecule has 0 aliphatic rings. The van der Waals surface area contributed by atoms with Gasteiger partial charge in [0.1, 0.15) is 5.75 Å². The summed E-state index contributed by atoms with van der Waals surface area (Å²) in [7, 11) is 0. The van der Waals surface area contributed by atoms with E-state index in [-0.39, 0.29) is 30.0 Å². The minimum Gasteiger partial charge on any atom is -0.484 e. The molecule has 2 amide bonds. The Hall–Kier alpha value is -3.42. The fourth-order valence-corrected chi connectivity index (χ4v) is 3.02. The van der Waals surface area contributed by atoms with E-state index in [1.807, 2.05) is 18.2 Å². The van der Waals surface area contributed by atoms with Crippen molar-refractivity contribution in [3.05, 3.63) is 89.4 Å². The maximum absolute atomic E-state index is 12.2. The lowest BCUT2D eigenvalue weighted by Crippen LogP contribution is -2.35. The Morgan fingerprint density at radius 1 is 0.839 bits per heavy atom. The van der Waals surface area contributed by atoms with Crippen molar-refractivity contribution in [3.8, 4) is 5.75 Å². The fraction of sp³-hybridized carbons (Fsp3) is 0.0870. The highest BCUT2D eigenvalue weighted by Gasteiger charge is 2.08. The van der Waals surface area contributed by atoms with Crippen LogP contribution in [0.15, 0.2) is 78.9 Å². The number of halogens is 1. The Morgan fingerprint density at radius 3 is 2.23 bits per heavy atom. The monoisotopic (exact) mass is 453 g/mol. The van der Waals surface area contributed by atoms with E-state index in [1.54, 1.807) is 60.7 Å². The largest absolute Gasteiger partial charge is 0.484 e. The molecule has 31 heavy (non-hydrogen) atoms. The number of thiocarbonyl (C=S) groups is 1. The van der Waals surface area contributed by atoms with Gasteiger partial charge < -0.3 is 20.7 Å². The molecule has 0 fully saturated rings. The smallest absolute Gasteiger partial charge is 0.262 e. The Kier molecular flexibility index (Phi) is 7.98. The quantitative estimate of drug-likeness (QED) is 0.462. The lowest BCUT2D eigenvalue weighted by molar-refractivity contribution is -0.119. The first-order chi connectivity index (χ1) is 15.0. The van der Waals surface area contributed by atoms with Crippen molar-refractivity contribution in [2.45, 2.75) is 6.42 Å². The summed E-state index contributed by atoms with van der Waals surface area (Å²) >= 11 is 11.1. The predicted octanol–water partition coefficient (Wildman–Crippen LogP) is 4.41. The van der Waals surface area contributed by atoms with Gasteiger partial charge in [-0.05, 0) is 60.2 Å². The van der Waals surface area contributed by atoms with Crippen LogP contribution in [-0.4, -0.2) is 23.5 Å². The lowest BCUT2D eigenvalue weighted by Gasteiger charge is -2.12. The first-order valence-electron chi connectivity index (χ1n) is 9.41. The minimum absolute atomic E-state index is 0.110. The van der Waals surface area contributed by atoms with Gasteiger partial charge in [0.2, 0.25) is 5.91 Å². The molecule has 3 aromatic rings. The van der Waals surface area contributed by atoms with E-state index in [9.17, 15) is 9.59 Å². The van der Waals surface area contributed by atoms with E-state index in [0.717, 1.165) is 5.56 Å². The third-order valence-electron chi connectivity index (χ3n) is 4.05. The van der Waals surface area contributed by atoms with Gasteiger partial charge in [0.15, 0.2) is 11.7 Å². The molecule has 158 valence electrons. The number of ether oxygens (including phenoxy) is 1. The molecule has 0 aliphatic heterocycles. The molecular formula is C23H20ClN3O3S. The van der Waals surface area contributed by atoms with Crippen LogP contribution in [0.4, 0.5) is 11.4 Å². The van der Waals surface area contributed by atoms with Crippen molar-refractivity contribution in [1.29, 1.82) is 0 Å². The maximum Gasteiger partial charge on any atom is 0.262 e. The zero-order valence-corrected chi connectivity index (χ0v) is 18.0. The zero-order chi connectivity index (χ0) is 22.1. The van der Waals surface area contributed by atoms with E-state index in [2.05, 4.69) is 16.0 Å². The molecule has 0 saturated carbocycles. The van der Waals surface area contributed by atoms with Gasteiger partial charge in [-0.2, -0.15) is 0 Å². The molecule has 8 heteroatoms. The van der Waals surface area contributed by atoms with Crippen molar-refractivity contribution in [1.82, 2.24) is 5.32 Å². The number of hydrogen-bond acceptors (Lipinski definition) is 4. The average molecular weight is 454 g/mol. The fourth-order valence-electron chi connectivity index (χ4n) is 2.66. The van der Waals surface area contributed by atoms with Crippen LogP contribution in [0.5, 0.6) is 5.75 Å². The maximum atomic E-state index is 12.2. The van der Waals surface area contributed by atoms with Gasteiger partial charge in [0, 0.05) is 16.4 Å². The molecular weight excluding hydrogens is 434 g/mol. The first kappa shape index (κ1) is 22.3. The van der Waals surface area contributed by atoms with Crippen LogP contribution in [0.3, 0.4) is 0 Å². The summed E-state index contributed by atoms with van der Waals surface area (Å²) < 4.78 is 5.43. The highest BCUT2D eigenvalue weighted by atomic mass is 35.5. The van der Waals surface area contributed by atoms with Crippen molar-refractivity contribution in [2.75, 3.05) is 17.2 Å². The van der Waals surface area contributed by atoms with Crippen LogP contribution < -0.4 is 20.7 Å². The number of benzene rings is 3. The second-order valence-electron chi connectivity index (χ2n) is 6.54. The highest BCUT2D eigenvalue weighted by Crippen LogP contribution is 2.16. The van der Waals surface area contributed by atoms with Crippen LogP contribution in [-0.2, 0) is 16.0 Å². The summed E-state index contributed by atoms with van der Waals surface area (Å²) in [5.74, 6) is 0.0787. The molecule has 0 unspecified atom stereocenters. The van der Waals surface area contributed by atoms with Crippen LogP contribution in [0.25, 0.3) is 0 Å². The molecule has 3 aromatic carbocycles. The number of amides is 2. The van der Waals surface area contributed by atoms with Crippen molar-refractivity contribution < 1.29 is 14.3 Å². The van der Waals surface area contributed by atoms with E-state index in [4.69, 9.17) is 28.6 Å². The SMILES string of the molecule is O=C(Cc1ccc(Cl)cc1)NC(=S)Nc1cccc(NC(=O)COc2ccccc2)c1. The van der Waals surface area contributed by atoms with Gasteiger partial charge in [-0.1, -0.05) is 48.0 Å². The Bertz CT molecular complexity index is 1060. The Morgan fingerprint density at radius 2 is 1.52 bits per heavy atom. The third-order valence-corrected chi connectivity index (χ3v) is 4.50. The number of nitrogens with one attached hydrogen (secondary N) is 3. The normalized spacial score (nSPS) is 10.1. The standard InChI is InChI=1S/C23H20ClN3O3S/c24-17-11-9-16(10-12-17)13-21(28)27-23(31)26-19-6-4-5-18(14-19)25-22(29)15-30-20-7-2-1-3-8-20/h1-12,14H,13,15H2,(H,25,29)(H2,26,27,28,31). The second-order valence-corrected chi connectivity index (χ2v) is 7.38. The molecule has 0 bridgehead atoms. The second kappa shape index (κ2) is 11.1. The summed E-state index contributed by atoms with van der Waals surface area (Å²) in [6.07, 6.45) is 0.177. The molecule has 0 atom stereocenters. The number of anilines is 2. The summed E-state index contributed by atoms with van der Waals surface area (Å²) in [5, 5.41) is 9.10. The average Bonchev–Trinajstić information content (AvgIpc) is 2.75. The van der Waals surface area contributed by atoms with Gasteiger partial charge in [-0.3, -0.25) is 9.59 Å². The molecule has 3 N–H and O–H groups in total. The van der Waals surface area contributed by atoms with Crippen LogP contribution in [0.1, 0.15) is 5.56 Å². The van der Waals surface area contributed by atoms with Crippen molar-refractivity contribution in [2.24, 2.45) is 0 Å². The van der Waals surface area contributed by atoms with Crippen LogP contribution >= 0.6 is 23.8 Å². The topological polar surface area (TPSA) is 79.5 Å². The van der Waals surface area contributed by atoms with Crippen LogP contribution in [0, 0.1) is 0 Å². The number of carbonyl (C=O) groups is 2. The lowest BCUT2D eigenvalue weighted by atomic mass is 10.1. The van der Waals surface area contributed by atoms with E-state index in [1.165, 1.54) is 0 Å². The molecule has 0 aromatic heterocycles. The molecule has 0 aliphatic carbocycles. The number of rotatable bonds is 7.